The summed E-state index contributed by atoms with van der Waals surface area (Å²) in [6.07, 6.45) is 14.1. The predicted molar refractivity (Wildman–Crippen MR) is 83.7 cm³/mol. The zero-order valence-corrected chi connectivity index (χ0v) is 17.9. The van der Waals surface area contributed by atoms with Crippen LogP contribution < -0.4 is 61.8 Å². The van der Waals surface area contributed by atoms with Gasteiger partial charge in [0.05, 0.1) is 12.0 Å². The zero-order chi connectivity index (χ0) is 15.9. The minimum Gasteiger partial charge on any atom is -0.548 e. The van der Waals surface area contributed by atoms with E-state index in [0.29, 0.717) is 6.42 Å². The summed E-state index contributed by atoms with van der Waals surface area (Å²) in [6.45, 7) is 3.66. The van der Waals surface area contributed by atoms with Crippen molar-refractivity contribution in [1.82, 2.24) is 5.32 Å². The molecule has 1 atom stereocenters. The van der Waals surface area contributed by atoms with Crippen molar-refractivity contribution in [3.8, 4) is 0 Å². The van der Waals surface area contributed by atoms with Crippen LogP contribution in [0.1, 0.15) is 90.9 Å². The second-order valence-corrected chi connectivity index (χ2v) is 5.89. The molecule has 4 nitrogen and oxygen atoms in total. The van der Waals surface area contributed by atoms with Crippen molar-refractivity contribution in [2.75, 3.05) is 0 Å². The van der Waals surface area contributed by atoms with Crippen molar-refractivity contribution in [2.45, 2.75) is 96.9 Å². The molecule has 0 radical (unpaired) electrons. The van der Waals surface area contributed by atoms with Gasteiger partial charge in [0.15, 0.2) is 0 Å². The van der Waals surface area contributed by atoms with Crippen molar-refractivity contribution in [3.63, 3.8) is 0 Å². The van der Waals surface area contributed by atoms with Gasteiger partial charge in [-0.1, -0.05) is 71.1 Å². The minimum absolute atomic E-state index is 0. The van der Waals surface area contributed by atoms with Crippen molar-refractivity contribution in [3.05, 3.63) is 0 Å². The third-order valence-corrected chi connectivity index (χ3v) is 3.74. The van der Waals surface area contributed by atoms with E-state index in [0.717, 1.165) is 19.3 Å². The maximum atomic E-state index is 11.4. The van der Waals surface area contributed by atoms with Crippen molar-refractivity contribution >= 4 is 11.9 Å². The van der Waals surface area contributed by atoms with E-state index in [4.69, 9.17) is 0 Å². The number of rotatable bonds is 14. The Bertz CT molecular complexity index is 285. The molecule has 0 saturated carbocycles. The monoisotopic (exact) mass is 337 g/mol. The molecule has 0 heterocycles. The third-order valence-electron chi connectivity index (χ3n) is 3.74. The molecule has 0 rings (SSSR count). The first-order valence-electron chi connectivity index (χ1n) is 8.58. The van der Waals surface area contributed by atoms with Crippen LogP contribution in [0.3, 0.4) is 0 Å². The van der Waals surface area contributed by atoms with E-state index in [1.807, 2.05) is 0 Å². The number of carbonyl (C=O) groups is 2. The van der Waals surface area contributed by atoms with E-state index in [1.165, 1.54) is 58.3 Å². The molecule has 0 spiro atoms. The summed E-state index contributed by atoms with van der Waals surface area (Å²) in [5.41, 5.74) is 0. The van der Waals surface area contributed by atoms with E-state index in [1.54, 1.807) is 0 Å². The van der Waals surface area contributed by atoms with Crippen LogP contribution in [0.5, 0.6) is 0 Å². The van der Waals surface area contributed by atoms with Crippen LogP contribution in [-0.4, -0.2) is 17.9 Å². The summed E-state index contributed by atoms with van der Waals surface area (Å²) in [5, 5.41) is 12.9. The second kappa shape index (κ2) is 17.9. The SMILES string of the molecule is CCCCCCCCCCCCCC(=O)NC(C)C(=O)[O-].[K+]. The van der Waals surface area contributed by atoms with Crippen LogP contribution in [0.2, 0.25) is 0 Å². The van der Waals surface area contributed by atoms with Crippen molar-refractivity contribution in [1.29, 1.82) is 0 Å². The number of carbonyl (C=O) groups excluding carboxylic acids is 2. The Morgan fingerprint density at radius 2 is 1.27 bits per heavy atom. The smallest absolute Gasteiger partial charge is 0.548 e. The Morgan fingerprint density at radius 3 is 1.68 bits per heavy atom. The number of carboxylic acids is 1. The summed E-state index contributed by atoms with van der Waals surface area (Å²) in [6, 6.07) is -0.898. The number of amides is 1. The molecule has 0 aromatic heterocycles. The molecule has 0 aliphatic carbocycles. The molecular weight excluding hydrogens is 305 g/mol. The first-order chi connectivity index (χ1) is 10.1. The van der Waals surface area contributed by atoms with Crippen LogP contribution >= 0.6 is 0 Å². The molecule has 124 valence electrons. The molecule has 22 heavy (non-hydrogen) atoms. The topological polar surface area (TPSA) is 69.2 Å². The molecule has 0 aliphatic heterocycles. The predicted octanol–water partition coefficient (Wildman–Crippen LogP) is -0.0539. The van der Waals surface area contributed by atoms with E-state index >= 15 is 0 Å². The van der Waals surface area contributed by atoms with Gasteiger partial charge in [0.2, 0.25) is 5.91 Å². The Balaban J connectivity index is 0. The van der Waals surface area contributed by atoms with Gasteiger partial charge in [-0.05, 0) is 13.3 Å². The molecule has 0 aromatic rings. The molecular formula is C17H32KNO3. The molecule has 0 fully saturated rings. The molecule has 1 amide bonds. The van der Waals surface area contributed by atoms with Gasteiger partial charge in [0.1, 0.15) is 0 Å². The van der Waals surface area contributed by atoms with E-state index in [9.17, 15) is 14.7 Å². The van der Waals surface area contributed by atoms with Gasteiger partial charge in [-0.15, -0.1) is 0 Å². The number of aliphatic carboxylic acids is 1. The Labute approximate surface area is 178 Å². The fourth-order valence-electron chi connectivity index (χ4n) is 2.32. The molecule has 0 aliphatic rings. The van der Waals surface area contributed by atoms with Gasteiger partial charge in [-0.3, -0.25) is 4.79 Å². The van der Waals surface area contributed by atoms with E-state index in [2.05, 4.69) is 12.2 Å². The number of carboxylic acid groups (broad SMARTS) is 1. The maximum absolute atomic E-state index is 11.4. The van der Waals surface area contributed by atoms with Crippen LogP contribution in [0.25, 0.3) is 0 Å². The normalized spacial score (nSPS) is 11.5. The molecule has 5 heteroatoms. The van der Waals surface area contributed by atoms with Gasteiger partial charge < -0.3 is 15.2 Å². The van der Waals surface area contributed by atoms with Crippen LogP contribution in [0.15, 0.2) is 0 Å². The summed E-state index contributed by atoms with van der Waals surface area (Å²) in [5.74, 6) is -1.43. The first kappa shape index (κ1) is 24.8. The molecule has 0 aromatic carbocycles. The number of unbranched alkanes of at least 4 members (excludes halogenated alkanes) is 10. The Morgan fingerprint density at radius 1 is 0.864 bits per heavy atom. The first-order valence-corrected chi connectivity index (χ1v) is 8.58. The average molecular weight is 338 g/mol. The molecule has 0 saturated heterocycles. The quantitative estimate of drug-likeness (QED) is 0.357. The second-order valence-electron chi connectivity index (χ2n) is 5.89. The van der Waals surface area contributed by atoms with Crippen molar-refractivity contribution in [2.24, 2.45) is 0 Å². The zero-order valence-electron chi connectivity index (χ0n) is 14.8. The van der Waals surface area contributed by atoms with Crippen LogP contribution in [0, 0.1) is 0 Å². The number of hydrogen-bond acceptors (Lipinski definition) is 3. The van der Waals surface area contributed by atoms with Gasteiger partial charge >= 0.3 is 51.4 Å². The number of nitrogens with one attached hydrogen (secondary N) is 1. The van der Waals surface area contributed by atoms with Gasteiger partial charge in [-0.2, -0.15) is 0 Å². The van der Waals surface area contributed by atoms with Gasteiger partial charge in [0.25, 0.3) is 0 Å². The largest absolute Gasteiger partial charge is 1.00 e. The molecule has 1 unspecified atom stereocenters. The fourth-order valence-corrected chi connectivity index (χ4v) is 2.32. The number of hydrogen-bond donors (Lipinski definition) is 1. The average Bonchev–Trinajstić information content (AvgIpc) is 2.44. The van der Waals surface area contributed by atoms with Gasteiger partial charge in [-0.25, -0.2) is 0 Å². The summed E-state index contributed by atoms with van der Waals surface area (Å²) >= 11 is 0. The Hall–Kier alpha value is 0.576. The van der Waals surface area contributed by atoms with Crippen LogP contribution in [0.4, 0.5) is 0 Å². The summed E-state index contributed by atoms with van der Waals surface area (Å²) < 4.78 is 0. The molecule has 1 N–H and O–H groups in total. The van der Waals surface area contributed by atoms with Crippen LogP contribution in [-0.2, 0) is 9.59 Å². The van der Waals surface area contributed by atoms with Gasteiger partial charge in [0, 0.05) is 6.42 Å². The van der Waals surface area contributed by atoms with E-state index in [-0.39, 0.29) is 57.3 Å². The van der Waals surface area contributed by atoms with E-state index < -0.39 is 12.0 Å². The summed E-state index contributed by atoms with van der Waals surface area (Å²) in [7, 11) is 0. The Kier molecular flexibility index (Phi) is 20.2. The minimum atomic E-state index is -1.23. The summed E-state index contributed by atoms with van der Waals surface area (Å²) in [4.78, 5) is 21.9. The molecule has 0 bridgehead atoms. The fraction of sp³-hybridized carbons (Fsp3) is 0.882. The third kappa shape index (κ3) is 16.9. The van der Waals surface area contributed by atoms with Crippen molar-refractivity contribution < 1.29 is 66.1 Å². The standard InChI is InChI=1S/C17H33NO3.K/c1-3-4-5-6-7-8-9-10-11-12-13-14-16(19)18-15(2)17(20)21;/h15H,3-14H2,1-2H3,(H,18,19)(H,20,21);/q;+1/p-1. The maximum Gasteiger partial charge on any atom is 1.00 e.